The minimum Gasteiger partial charge on any atom is -0.324 e. The predicted molar refractivity (Wildman–Crippen MR) is 111 cm³/mol. The Morgan fingerprint density at radius 3 is 2.79 bits per heavy atom. The van der Waals surface area contributed by atoms with E-state index in [4.69, 9.17) is 0 Å². The molecule has 0 atom stereocenters. The standard InChI is InChI=1S/C22H23N5O/c1-13-7-8-17-6-5-11-23-22(17)21(13)25-20(28)10-9-18-15(3)24-19-12-14(2)26-27(19)16(18)4/h5-8,11-12H,9-10H2,1-4H3,(H,25,28). The third-order valence-corrected chi connectivity index (χ3v) is 5.14. The molecular weight excluding hydrogens is 350 g/mol. The summed E-state index contributed by atoms with van der Waals surface area (Å²) in [4.78, 5) is 21.8. The largest absolute Gasteiger partial charge is 0.324 e. The van der Waals surface area contributed by atoms with Gasteiger partial charge in [0.05, 0.1) is 16.9 Å². The number of nitrogens with zero attached hydrogens (tertiary/aromatic N) is 4. The van der Waals surface area contributed by atoms with E-state index in [1.54, 1.807) is 6.20 Å². The van der Waals surface area contributed by atoms with Crippen LogP contribution in [-0.2, 0) is 11.2 Å². The Morgan fingerprint density at radius 1 is 1.14 bits per heavy atom. The van der Waals surface area contributed by atoms with Gasteiger partial charge >= 0.3 is 0 Å². The minimum absolute atomic E-state index is 0.0307. The van der Waals surface area contributed by atoms with Crippen LogP contribution in [0.4, 0.5) is 5.69 Å². The highest BCUT2D eigenvalue weighted by atomic mass is 16.1. The number of carbonyl (C=O) groups is 1. The van der Waals surface area contributed by atoms with E-state index in [0.717, 1.165) is 50.4 Å². The summed E-state index contributed by atoms with van der Waals surface area (Å²) in [5, 5.41) is 8.57. The third kappa shape index (κ3) is 3.22. The first-order valence-electron chi connectivity index (χ1n) is 9.40. The van der Waals surface area contributed by atoms with Gasteiger partial charge in [-0.05, 0) is 51.3 Å². The number of carbonyl (C=O) groups excluding carboxylic acids is 1. The molecule has 1 N–H and O–H groups in total. The Morgan fingerprint density at radius 2 is 1.96 bits per heavy atom. The van der Waals surface area contributed by atoms with Gasteiger partial charge in [-0.25, -0.2) is 9.50 Å². The fourth-order valence-electron chi connectivity index (χ4n) is 3.65. The summed E-state index contributed by atoms with van der Waals surface area (Å²) >= 11 is 0. The second-order valence-corrected chi connectivity index (χ2v) is 7.20. The van der Waals surface area contributed by atoms with E-state index in [1.807, 2.05) is 62.5 Å². The number of pyridine rings is 1. The van der Waals surface area contributed by atoms with Gasteiger partial charge in [0.2, 0.25) is 5.91 Å². The summed E-state index contributed by atoms with van der Waals surface area (Å²) in [7, 11) is 0. The van der Waals surface area contributed by atoms with Crippen LogP contribution in [0.25, 0.3) is 16.6 Å². The highest BCUT2D eigenvalue weighted by Gasteiger charge is 2.14. The molecule has 4 rings (SSSR count). The SMILES string of the molecule is Cc1cc2nc(C)c(CCC(=O)Nc3c(C)ccc4cccnc34)c(C)n2n1. The topological polar surface area (TPSA) is 72.2 Å². The molecule has 0 unspecified atom stereocenters. The number of aromatic nitrogens is 4. The van der Waals surface area contributed by atoms with Gasteiger partial charge in [0.15, 0.2) is 5.65 Å². The molecular formula is C22H23N5O. The molecule has 0 bridgehead atoms. The highest BCUT2D eigenvalue weighted by Crippen LogP contribution is 2.25. The van der Waals surface area contributed by atoms with E-state index in [2.05, 4.69) is 20.4 Å². The fraction of sp³-hybridized carbons (Fsp3) is 0.273. The Labute approximate surface area is 163 Å². The molecule has 1 amide bonds. The molecule has 142 valence electrons. The number of fused-ring (bicyclic) bond motifs is 2. The van der Waals surface area contributed by atoms with Crippen molar-refractivity contribution in [2.75, 3.05) is 5.32 Å². The first-order valence-corrected chi connectivity index (χ1v) is 9.40. The zero-order valence-corrected chi connectivity index (χ0v) is 16.6. The molecule has 0 fully saturated rings. The van der Waals surface area contributed by atoms with Crippen LogP contribution in [-0.4, -0.2) is 25.5 Å². The molecule has 0 spiro atoms. The number of nitrogens with one attached hydrogen (secondary N) is 1. The number of anilines is 1. The van der Waals surface area contributed by atoms with E-state index in [-0.39, 0.29) is 5.91 Å². The molecule has 6 heteroatoms. The number of benzene rings is 1. The number of amides is 1. The fourth-order valence-corrected chi connectivity index (χ4v) is 3.65. The lowest BCUT2D eigenvalue weighted by molar-refractivity contribution is -0.116. The maximum atomic E-state index is 12.7. The molecule has 28 heavy (non-hydrogen) atoms. The highest BCUT2D eigenvalue weighted by molar-refractivity contribution is 6.01. The summed E-state index contributed by atoms with van der Waals surface area (Å²) in [6.07, 6.45) is 2.73. The lowest BCUT2D eigenvalue weighted by atomic mass is 10.1. The Balaban J connectivity index is 1.56. The molecule has 6 nitrogen and oxygen atoms in total. The summed E-state index contributed by atoms with van der Waals surface area (Å²) in [6.45, 7) is 7.95. The molecule has 0 aliphatic rings. The van der Waals surface area contributed by atoms with E-state index in [0.29, 0.717) is 12.8 Å². The smallest absolute Gasteiger partial charge is 0.224 e. The molecule has 0 aliphatic heterocycles. The van der Waals surface area contributed by atoms with Crippen LogP contribution in [0.2, 0.25) is 0 Å². The van der Waals surface area contributed by atoms with Crippen molar-refractivity contribution in [3.63, 3.8) is 0 Å². The van der Waals surface area contributed by atoms with Gasteiger partial charge in [-0.15, -0.1) is 0 Å². The number of aryl methyl sites for hydroxylation is 4. The zero-order valence-electron chi connectivity index (χ0n) is 16.6. The first-order chi connectivity index (χ1) is 13.4. The molecule has 1 aromatic carbocycles. The number of hydrogen-bond acceptors (Lipinski definition) is 4. The van der Waals surface area contributed by atoms with E-state index < -0.39 is 0 Å². The van der Waals surface area contributed by atoms with E-state index in [1.165, 1.54) is 0 Å². The quantitative estimate of drug-likeness (QED) is 0.585. The van der Waals surface area contributed by atoms with Gasteiger partial charge in [-0.3, -0.25) is 9.78 Å². The van der Waals surface area contributed by atoms with E-state index in [9.17, 15) is 4.79 Å². The molecule has 3 heterocycles. The van der Waals surface area contributed by atoms with Crippen LogP contribution in [0, 0.1) is 27.7 Å². The molecule has 4 aromatic rings. The lowest BCUT2D eigenvalue weighted by Crippen LogP contribution is -2.15. The summed E-state index contributed by atoms with van der Waals surface area (Å²) < 4.78 is 1.86. The van der Waals surface area contributed by atoms with Crippen LogP contribution in [0.3, 0.4) is 0 Å². The van der Waals surface area contributed by atoms with Crippen molar-refractivity contribution in [2.24, 2.45) is 0 Å². The maximum absolute atomic E-state index is 12.7. The monoisotopic (exact) mass is 373 g/mol. The van der Waals surface area contributed by atoms with Crippen molar-refractivity contribution >= 4 is 28.1 Å². The minimum atomic E-state index is -0.0307. The molecule has 0 saturated heterocycles. The molecule has 0 aliphatic carbocycles. The van der Waals surface area contributed by atoms with Crippen molar-refractivity contribution in [3.8, 4) is 0 Å². The van der Waals surface area contributed by atoms with Gasteiger partial charge in [0.1, 0.15) is 0 Å². The van der Waals surface area contributed by atoms with Gasteiger partial charge in [-0.2, -0.15) is 5.10 Å². The predicted octanol–water partition coefficient (Wildman–Crippen LogP) is 4.08. The zero-order chi connectivity index (χ0) is 19.8. The number of rotatable bonds is 4. The second-order valence-electron chi connectivity index (χ2n) is 7.20. The first kappa shape index (κ1) is 18.1. The molecule has 0 radical (unpaired) electrons. The van der Waals surface area contributed by atoms with Crippen LogP contribution >= 0.6 is 0 Å². The van der Waals surface area contributed by atoms with Gasteiger partial charge in [0, 0.05) is 35.5 Å². The van der Waals surface area contributed by atoms with Crippen molar-refractivity contribution in [1.29, 1.82) is 0 Å². The van der Waals surface area contributed by atoms with Gasteiger partial charge < -0.3 is 5.32 Å². The van der Waals surface area contributed by atoms with Crippen LogP contribution in [0.5, 0.6) is 0 Å². The third-order valence-electron chi connectivity index (χ3n) is 5.14. The summed E-state index contributed by atoms with van der Waals surface area (Å²) in [5.74, 6) is -0.0307. The van der Waals surface area contributed by atoms with Crippen LogP contribution < -0.4 is 5.32 Å². The van der Waals surface area contributed by atoms with Crippen molar-refractivity contribution in [1.82, 2.24) is 19.6 Å². The van der Waals surface area contributed by atoms with Gasteiger partial charge in [0.25, 0.3) is 0 Å². The van der Waals surface area contributed by atoms with E-state index >= 15 is 0 Å². The maximum Gasteiger partial charge on any atom is 0.224 e. The second kappa shape index (κ2) is 7.03. The summed E-state index contributed by atoms with van der Waals surface area (Å²) in [6, 6.07) is 9.89. The Bertz CT molecular complexity index is 1210. The average Bonchev–Trinajstić information content (AvgIpc) is 3.04. The normalized spacial score (nSPS) is 11.3. The van der Waals surface area contributed by atoms with Crippen molar-refractivity contribution in [2.45, 2.75) is 40.5 Å². The average molecular weight is 373 g/mol. The van der Waals surface area contributed by atoms with Gasteiger partial charge in [-0.1, -0.05) is 18.2 Å². The number of hydrogen-bond donors (Lipinski definition) is 1. The van der Waals surface area contributed by atoms with Crippen molar-refractivity contribution in [3.05, 3.63) is 64.7 Å². The Hall–Kier alpha value is -3.28. The molecule has 0 saturated carbocycles. The Kier molecular flexibility index (Phi) is 4.55. The lowest BCUT2D eigenvalue weighted by Gasteiger charge is -2.13. The van der Waals surface area contributed by atoms with Crippen LogP contribution in [0.1, 0.15) is 34.6 Å². The van der Waals surface area contributed by atoms with Crippen LogP contribution in [0.15, 0.2) is 36.5 Å². The molecule has 3 aromatic heterocycles. The van der Waals surface area contributed by atoms with Crippen molar-refractivity contribution < 1.29 is 4.79 Å². The summed E-state index contributed by atoms with van der Waals surface area (Å²) in [5.41, 5.74) is 7.43.